The summed E-state index contributed by atoms with van der Waals surface area (Å²) in [6, 6.07) is 17.7. The molecule has 0 saturated carbocycles. The third-order valence-electron chi connectivity index (χ3n) is 5.51. The molecule has 2 fully saturated rings. The molecule has 0 aromatic heterocycles. The number of carbonyl (C=O) groups is 1. The van der Waals surface area contributed by atoms with Crippen LogP contribution < -0.4 is 0 Å². The summed E-state index contributed by atoms with van der Waals surface area (Å²) in [5.74, 6) is -1.37. The van der Waals surface area contributed by atoms with E-state index in [1.54, 1.807) is 36.4 Å². The minimum Gasteiger partial charge on any atom is -0.449 e. The summed E-state index contributed by atoms with van der Waals surface area (Å²) in [4.78, 5) is 13.0. The molecule has 4 rings (SSSR count). The standard InChI is InChI=1S/C25H24Cl3NO7/c1-2-13-31-19-18-17(14-32-22(35-18)16-11-7-4-8-12-16)33-23(36-24(29)25(26,27)28)20(19)34-21(30)15-9-5-3-6-10-15/h2-12,17-20,22-23,29H,1,13-14H2/t17-,18+,19+,20-,22?,23-/m1/s1. The van der Waals surface area contributed by atoms with E-state index in [1.807, 2.05) is 30.3 Å². The number of nitrogens with one attached hydrogen (secondary N) is 1. The van der Waals surface area contributed by atoms with Gasteiger partial charge in [-0.15, -0.1) is 6.58 Å². The number of hydrogen-bond donors (Lipinski definition) is 1. The quantitative estimate of drug-likeness (QED) is 0.169. The Morgan fingerprint density at radius 3 is 2.33 bits per heavy atom. The van der Waals surface area contributed by atoms with Gasteiger partial charge in [-0.05, 0) is 12.1 Å². The van der Waals surface area contributed by atoms with Crippen LogP contribution in [-0.4, -0.2) is 59.6 Å². The largest absolute Gasteiger partial charge is 0.449 e. The lowest BCUT2D eigenvalue weighted by atomic mass is 9.97. The van der Waals surface area contributed by atoms with Gasteiger partial charge in [0.15, 0.2) is 12.4 Å². The molecule has 0 amide bonds. The number of esters is 1. The summed E-state index contributed by atoms with van der Waals surface area (Å²) in [6.45, 7) is 3.92. The molecule has 0 bridgehead atoms. The van der Waals surface area contributed by atoms with Crippen LogP contribution in [0.2, 0.25) is 0 Å². The Morgan fingerprint density at radius 1 is 1.03 bits per heavy atom. The van der Waals surface area contributed by atoms with E-state index in [0.29, 0.717) is 5.56 Å². The van der Waals surface area contributed by atoms with E-state index in [0.717, 1.165) is 5.56 Å². The minimum atomic E-state index is -2.16. The van der Waals surface area contributed by atoms with Gasteiger partial charge in [0.05, 0.1) is 18.8 Å². The van der Waals surface area contributed by atoms with Crippen molar-refractivity contribution in [1.82, 2.24) is 0 Å². The number of rotatable bonds is 7. The second kappa shape index (κ2) is 11.9. The molecular formula is C25H24Cl3NO7. The summed E-state index contributed by atoms with van der Waals surface area (Å²) in [5, 5.41) is 8.04. The zero-order valence-corrected chi connectivity index (χ0v) is 21.2. The van der Waals surface area contributed by atoms with Gasteiger partial charge in [-0.2, -0.15) is 0 Å². The Labute approximate surface area is 223 Å². The highest BCUT2D eigenvalue weighted by molar-refractivity contribution is 6.76. The van der Waals surface area contributed by atoms with E-state index >= 15 is 0 Å². The van der Waals surface area contributed by atoms with Gasteiger partial charge in [-0.3, -0.25) is 5.41 Å². The van der Waals surface area contributed by atoms with Gasteiger partial charge >= 0.3 is 5.97 Å². The number of hydrogen-bond acceptors (Lipinski definition) is 8. The highest BCUT2D eigenvalue weighted by Crippen LogP contribution is 2.38. The lowest BCUT2D eigenvalue weighted by Crippen LogP contribution is -2.64. The number of fused-ring (bicyclic) bond motifs is 1. The Balaban J connectivity index is 1.64. The molecule has 192 valence electrons. The molecule has 8 nitrogen and oxygen atoms in total. The highest BCUT2D eigenvalue weighted by Gasteiger charge is 2.54. The highest BCUT2D eigenvalue weighted by atomic mass is 35.6. The second-order valence-corrected chi connectivity index (χ2v) is 10.3. The Kier molecular flexibility index (Phi) is 8.90. The van der Waals surface area contributed by atoms with E-state index < -0.39 is 52.7 Å². The van der Waals surface area contributed by atoms with Crippen molar-refractivity contribution in [1.29, 1.82) is 5.41 Å². The third kappa shape index (κ3) is 6.39. The van der Waals surface area contributed by atoms with Crippen LogP contribution in [0.25, 0.3) is 0 Å². The molecule has 2 saturated heterocycles. The van der Waals surface area contributed by atoms with E-state index in [4.69, 9.17) is 68.6 Å². The summed E-state index contributed by atoms with van der Waals surface area (Å²) in [5.41, 5.74) is 1.10. The SMILES string of the molecule is C=CCO[C@H]1[C@H]2OC(c3ccccc3)OC[C@H]2O[C@H](OC(=N)C(Cl)(Cl)Cl)[C@@H]1OC(=O)c1ccccc1. The van der Waals surface area contributed by atoms with Crippen molar-refractivity contribution < 1.29 is 33.2 Å². The molecule has 6 atom stereocenters. The predicted molar refractivity (Wildman–Crippen MR) is 133 cm³/mol. The van der Waals surface area contributed by atoms with Gasteiger partial charge in [0.1, 0.15) is 18.3 Å². The predicted octanol–water partition coefficient (Wildman–Crippen LogP) is 4.99. The average Bonchev–Trinajstić information content (AvgIpc) is 2.88. The maximum absolute atomic E-state index is 13.0. The number of alkyl halides is 3. The lowest BCUT2D eigenvalue weighted by molar-refractivity contribution is -0.355. The van der Waals surface area contributed by atoms with E-state index in [1.165, 1.54) is 0 Å². The van der Waals surface area contributed by atoms with Gasteiger partial charge in [0.2, 0.25) is 12.2 Å². The smallest absolute Gasteiger partial charge is 0.338 e. The minimum absolute atomic E-state index is 0.110. The second-order valence-electron chi connectivity index (χ2n) is 7.99. The van der Waals surface area contributed by atoms with Gasteiger partial charge < -0.3 is 28.4 Å². The lowest BCUT2D eigenvalue weighted by Gasteiger charge is -2.48. The average molecular weight is 557 g/mol. The van der Waals surface area contributed by atoms with Crippen molar-refractivity contribution in [3.05, 3.63) is 84.4 Å². The Morgan fingerprint density at radius 2 is 1.69 bits per heavy atom. The molecule has 2 heterocycles. The van der Waals surface area contributed by atoms with Crippen molar-refractivity contribution in [2.45, 2.75) is 40.8 Å². The summed E-state index contributed by atoms with van der Waals surface area (Å²) in [6.07, 6.45) is -4.00. The van der Waals surface area contributed by atoms with Crippen LogP contribution in [0.1, 0.15) is 22.2 Å². The molecule has 1 N–H and O–H groups in total. The van der Waals surface area contributed by atoms with E-state index in [9.17, 15) is 4.79 Å². The van der Waals surface area contributed by atoms with Gasteiger partial charge in [-0.25, -0.2) is 4.79 Å². The van der Waals surface area contributed by atoms with Crippen molar-refractivity contribution in [2.75, 3.05) is 13.2 Å². The molecule has 1 unspecified atom stereocenters. The zero-order valence-electron chi connectivity index (χ0n) is 18.9. The molecule has 2 aromatic carbocycles. The Hall–Kier alpha value is -2.17. The number of carbonyl (C=O) groups excluding carboxylic acids is 1. The van der Waals surface area contributed by atoms with Crippen LogP contribution in [0.5, 0.6) is 0 Å². The molecule has 0 radical (unpaired) electrons. The molecule has 0 spiro atoms. The molecule has 2 aliphatic heterocycles. The van der Waals surface area contributed by atoms with Crippen LogP contribution in [0.3, 0.4) is 0 Å². The molecule has 0 aliphatic carbocycles. The molecular weight excluding hydrogens is 533 g/mol. The van der Waals surface area contributed by atoms with E-state index in [-0.39, 0.29) is 13.2 Å². The normalized spacial score (nSPS) is 28.0. The maximum Gasteiger partial charge on any atom is 0.338 e. The fraction of sp³-hybridized carbons (Fsp3) is 0.360. The van der Waals surface area contributed by atoms with Crippen LogP contribution >= 0.6 is 34.8 Å². The van der Waals surface area contributed by atoms with Crippen molar-refractivity contribution in [2.24, 2.45) is 0 Å². The summed E-state index contributed by atoms with van der Waals surface area (Å²) in [7, 11) is 0. The first kappa shape index (κ1) is 26.9. The first-order valence-electron chi connectivity index (χ1n) is 11.1. The fourth-order valence-corrected chi connectivity index (χ4v) is 4.00. The number of halogens is 3. The molecule has 2 aliphatic rings. The maximum atomic E-state index is 13.0. The fourth-order valence-electron chi connectivity index (χ4n) is 3.86. The molecule has 36 heavy (non-hydrogen) atoms. The molecule has 11 heteroatoms. The first-order valence-corrected chi connectivity index (χ1v) is 12.2. The third-order valence-corrected chi connectivity index (χ3v) is 6.02. The van der Waals surface area contributed by atoms with Gasteiger partial charge in [0, 0.05) is 5.56 Å². The van der Waals surface area contributed by atoms with E-state index in [2.05, 4.69) is 6.58 Å². The number of benzene rings is 2. The number of ether oxygens (including phenoxy) is 6. The van der Waals surface area contributed by atoms with Crippen LogP contribution in [0.4, 0.5) is 0 Å². The van der Waals surface area contributed by atoms with Crippen LogP contribution in [0.15, 0.2) is 73.3 Å². The topological polar surface area (TPSA) is 96.3 Å². The van der Waals surface area contributed by atoms with Gasteiger partial charge in [0.25, 0.3) is 3.79 Å². The van der Waals surface area contributed by atoms with Crippen LogP contribution in [0, 0.1) is 5.41 Å². The van der Waals surface area contributed by atoms with Crippen molar-refractivity contribution >= 4 is 46.7 Å². The Bertz CT molecular complexity index is 1050. The van der Waals surface area contributed by atoms with Crippen molar-refractivity contribution in [3.8, 4) is 0 Å². The first-order chi connectivity index (χ1) is 17.3. The van der Waals surface area contributed by atoms with Crippen LogP contribution in [-0.2, 0) is 28.4 Å². The monoisotopic (exact) mass is 555 g/mol. The summed E-state index contributed by atoms with van der Waals surface area (Å²) < 4.78 is 33.4. The van der Waals surface area contributed by atoms with Gasteiger partial charge in [-0.1, -0.05) is 89.4 Å². The van der Waals surface area contributed by atoms with Crippen molar-refractivity contribution in [3.63, 3.8) is 0 Å². The molecule has 2 aromatic rings. The summed E-state index contributed by atoms with van der Waals surface area (Å²) >= 11 is 17.5. The zero-order chi connectivity index (χ0) is 25.7.